The Bertz CT molecular complexity index is 1280. The molecule has 220 valence electrons. The number of likely N-dealkylation sites (N-methyl/N-ethyl adjacent to an activating group) is 2. The molecule has 2 aromatic rings. The van der Waals surface area contributed by atoms with E-state index in [9.17, 15) is 18.0 Å². The van der Waals surface area contributed by atoms with Crippen LogP contribution in [0.15, 0.2) is 76.5 Å². The van der Waals surface area contributed by atoms with Crippen LogP contribution in [0.25, 0.3) is 0 Å². The highest BCUT2D eigenvalue weighted by Gasteiger charge is 2.41. The number of amides is 2. The molecule has 0 fully saturated rings. The highest BCUT2D eigenvalue weighted by atomic mass is 32.2. The van der Waals surface area contributed by atoms with E-state index in [-0.39, 0.29) is 27.5 Å². The van der Waals surface area contributed by atoms with Gasteiger partial charge in [-0.05, 0) is 49.1 Å². The number of sulfone groups is 1. The van der Waals surface area contributed by atoms with Crippen LogP contribution < -0.4 is 10.6 Å². The Morgan fingerprint density at radius 1 is 0.875 bits per heavy atom. The number of hydrogen-bond donors (Lipinski definition) is 2. The molecule has 2 N–H and O–H groups in total. The number of rotatable bonds is 11. The summed E-state index contributed by atoms with van der Waals surface area (Å²) in [5, 5.41) is 6.19. The van der Waals surface area contributed by atoms with Crippen molar-refractivity contribution in [3.63, 3.8) is 0 Å². The summed E-state index contributed by atoms with van der Waals surface area (Å²) in [6, 6.07) is 16.1. The average Bonchev–Trinajstić information content (AvgIpc) is 2.89. The molecule has 0 radical (unpaired) electrons. The number of carbonyl (C=O) groups is 2. The van der Waals surface area contributed by atoms with Crippen LogP contribution in [-0.4, -0.2) is 57.4 Å². The van der Waals surface area contributed by atoms with E-state index >= 15 is 0 Å². The fourth-order valence-electron chi connectivity index (χ4n) is 4.95. The summed E-state index contributed by atoms with van der Waals surface area (Å²) in [5.74, 6) is -0.640. The number of carbonyl (C=O) groups excluding carboxylic acids is 2. The number of nitrogens with zero attached hydrogens (tertiary/aromatic N) is 1. The molecule has 7 nitrogen and oxygen atoms in total. The molecule has 2 amide bonds. The maximum Gasteiger partial charge on any atom is 0.245 e. The van der Waals surface area contributed by atoms with E-state index in [2.05, 4.69) is 10.6 Å². The van der Waals surface area contributed by atoms with Gasteiger partial charge in [-0.2, -0.15) is 0 Å². The van der Waals surface area contributed by atoms with Crippen LogP contribution in [0.4, 0.5) is 0 Å². The molecule has 0 saturated heterocycles. The Morgan fingerprint density at radius 2 is 1.38 bits per heavy atom. The van der Waals surface area contributed by atoms with Crippen molar-refractivity contribution in [2.75, 3.05) is 14.1 Å². The summed E-state index contributed by atoms with van der Waals surface area (Å²) in [5.41, 5.74) is -0.156. The van der Waals surface area contributed by atoms with Crippen LogP contribution in [0.3, 0.4) is 0 Å². The molecule has 8 heteroatoms. The highest BCUT2D eigenvalue weighted by Crippen LogP contribution is 2.29. The van der Waals surface area contributed by atoms with Crippen molar-refractivity contribution in [1.29, 1.82) is 0 Å². The molecular weight excluding hydrogens is 522 g/mol. The molecule has 40 heavy (non-hydrogen) atoms. The van der Waals surface area contributed by atoms with Crippen molar-refractivity contribution in [2.24, 2.45) is 11.3 Å². The zero-order valence-electron chi connectivity index (χ0n) is 25.6. The fraction of sp³-hybridized carbons (Fsp3) is 0.500. The predicted molar refractivity (Wildman–Crippen MR) is 162 cm³/mol. The Hall–Kier alpha value is -2.97. The molecular formula is C32H47N3O4S. The second-order valence-corrected chi connectivity index (χ2v) is 14.5. The van der Waals surface area contributed by atoms with Crippen LogP contribution in [0.1, 0.15) is 61.0 Å². The van der Waals surface area contributed by atoms with Crippen molar-refractivity contribution in [2.45, 2.75) is 83.8 Å². The Morgan fingerprint density at radius 3 is 1.82 bits per heavy atom. The first-order chi connectivity index (χ1) is 18.5. The third kappa shape index (κ3) is 7.61. The van der Waals surface area contributed by atoms with Crippen molar-refractivity contribution in [3.05, 3.63) is 77.2 Å². The minimum absolute atomic E-state index is 0.0757. The lowest BCUT2D eigenvalue weighted by Crippen LogP contribution is -2.61. The third-order valence-corrected chi connectivity index (χ3v) is 9.43. The minimum atomic E-state index is -3.71. The molecule has 2 unspecified atom stereocenters. The third-order valence-electron chi connectivity index (χ3n) is 7.55. The topological polar surface area (TPSA) is 95.6 Å². The summed E-state index contributed by atoms with van der Waals surface area (Å²) >= 11 is 0. The molecule has 0 spiro atoms. The second kappa shape index (κ2) is 13.1. The van der Waals surface area contributed by atoms with Crippen molar-refractivity contribution in [1.82, 2.24) is 15.5 Å². The summed E-state index contributed by atoms with van der Waals surface area (Å²) in [7, 11) is -0.299. The predicted octanol–water partition coefficient (Wildman–Crippen LogP) is 4.94. The van der Waals surface area contributed by atoms with Crippen LogP contribution in [-0.2, 0) is 24.8 Å². The lowest BCUT2D eigenvalue weighted by atomic mass is 9.76. The SMILES string of the molecule is CNC(C(=O)NC(C(=O)N(C)[C@H](/C=C(\C)S(=O)(=O)c1ccccc1)C(C)C)C(C)(C)C)C(C)(C)c1ccccc1. The van der Waals surface area contributed by atoms with Crippen LogP contribution >= 0.6 is 0 Å². The van der Waals surface area contributed by atoms with Crippen molar-refractivity contribution < 1.29 is 18.0 Å². The molecule has 0 saturated carbocycles. The van der Waals surface area contributed by atoms with Gasteiger partial charge in [0.1, 0.15) is 6.04 Å². The molecule has 0 aliphatic rings. The van der Waals surface area contributed by atoms with Gasteiger partial charge in [0.2, 0.25) is 21.7 Å². The van der Waals surface area contributed by atoms with Crippen LogP contribution in [0.2, 0.25) is 0 Å². The molecule has 3 atom stereocenters. The molecule has 2 aromatic carbocycles. The van der Waals surface area contributed by atoms with E-state index < -0.39 is 38.8 Å². The van der Waals surface area contributed by atoms with E-state index in [1.54, 1.807) is 62.3 Å². The minimum Gasteiger partial charge on any atom is -0.342 e. The number of benzene rings is 2. The molecule has 0 heterocycles. The molecule has 0 aliphatic heterocycles. The quantitative estimate of drug-likeness (QED) is 0.400. The summed E-state index contributed by atoms with van der Waals surface area (Å²) in [6.07, 6.45) is 1.64. The first kappa shape index (κ1) is 33.2. The number of nitrogens with one attached hydrogen (secondary N) is 2. The summed E-state index contributed by atoms with van der Waals surface area (Å²) < 4.78 is 26.4. The zero-order chi connectivity index (χ0) is 30.5. The number of allylic oxidation sites excluding steroid dienone is 1. The maximum absolute atomic E-state index is 14.0. The van der Waals surface area contributed by atoms with Gasteiger partial charge in [-0.3, -0.25) is 9.59 Å². The van der Waals surface area contributed by atoms with Gasteiger partial charge < -0.3 is 15.5 Å². The Balaban J connectivity index is 2.40. The van der Waals surface area contributed by atoms with Gasteiger partial charge in [0, 0.05) is 17.4 Å². The largest absolute Gasteiger partial charge is 0.342 e. The van der Waals surface area contributed by atoms with E-state index in [0.29, 0.717) is 0 Å². The van der Waals surface area contributed by atoms with Gasteiger partial charge >= 0.3 is 0 Å². The molecule has 0 aromatic heterocycles. The molecule has 2 rings (SSSR count). The van der Waals surface area contributed by atoms with Crippen molar-refractivity contribution >= 4 is 21.7 Å². The van der Waals surface area contributed by atoms with E-state index in [1.165, 1.54) is 0 Å². The smallest absolute Gasteiger partial charge is 0.245 e. The molecule has 0 aliphatic carbocycles. The number of hydrogen-bond acceptors (Lipinski definition) is 5. The van der Waals surface area contributed by atoms with E-state index in [4.69, 9.17) is 0 Å². The first-order valence-electron chi connectivity index (χ1n) is 13.7. The normalized spacial score (nSPS) is 15.3. The van der Waals surface area contributed by atoms with Gasteiger partial charge in [0.05, 0.1) is 17.0 Å². The van der Waals surface area contributed by atoms with Gasteiger partial charge in [-0.1, -0.05) is 97.0 Å². The summed E-state index contributed by atoms with van der Waals surface area (Å²) in [6.45, 7) is 15.2. The van der Waals surface area contributed by atoms with Gasteiger partial charge in [0.25, 0.3) is 0 Å². The molecule has 0 bridgehead atoms. The van der Waals surface area contributed by atoms with Crippen LogP contribution in [0, 0.1) is 11.3 Å². The lowest BCUT2D eigenvalue weighted by molar-refractivity contribution is -0.140. The maximum atomic E-state index is 14.0. The van der Waals surface area contributed by atoms with E-state index in [1.807, 2.05) is 78.8 Å². The summed E-state index contributed by atoms with van der Waals surface area (Å²) in [4.78, 5) is 29.7. The standard InChI is InChI=1S/C32H47N3O4S/c1-22(2)26(21-23(3)40(38,39)25-19-15-12-16-20-25)35(10)30(37)28(31(4,5)6)34-29(36)27(33-9)32(7,8)24-17-13-11-14-18-24/h11-22,26-28,33H,1-10H3,(H,34,36)/b23-21+/t26-,27?,28?/m1/s1. The Labute approximate surface area is 241 Å². The second-order valence-electron chi connectivity index (χ2n) is 12.4. The lowest BCUT2D eigenvalue weighted by Gasteiger charge is -2.40. The van der Waals surface area contributed by atoms with Crippen molar-refractivity contribution in [3.8, 4) is 0 Å². The van der Waals surface area contributed by atoms with Gasteiger partial charge in [-0.25, -0.2) is 8.42 Å². The van der Waals surface area contributed by atoms with Gasteiger partial charge in [-0.15, -0.1) is 0 Å². The first-order valence-corrected chi connectivity index (χ1v) is 15.2. The van der Waals surface area contributed by atoms with Crippen LogP contribution in [0.5, 0.6) is 0 Å². The fourth-order valence-corrected chi connectivity index (χ4v) is 6.15. The monoisotopic (exact) mass is 569 g/mol. The van der Waals surface area contributed by atoms with E-state index in [0.717, 1.165) is 5.56 Å². The van der Waals surface area contributed by atoms with Gasteiger partial charge in [0.15, 0.2) is 0 Å². The average molecular weight is 570 g/mol. The zero-order valence-corrected chi connectivity index (χ0v) is 26.5. The Kier molecular flexibility index (Phi) is 10.9. The highest BCUT2D eigenvalue weighted by molar-refractivity contribution is 7.95.